The van der Waals surface area contributed by atoms with Gasteiger partial charge in [0.1, 0.15) is 0 Å². The molecule has 1 nitrogen and oxygen atoms in total. The molecule has 0 bridgehead atoms. The summed E-state index contributed by atoms with van der Waals surface area (Å²) in [6, 6.07) is 3.81. The van der Waals surface area contributed by atoms with Crippen molar-refractivity contribution in [3.8, 4) is 0 Å². The minimum Gasteiger partial charge on any atom is -0.307 e. The lowest BCUT2D eigenvalue weighted by molar-refractivity contribution is 0.465. The summed E-state index contributed by atoms with van der Waals surface area (Å²) in [4.78, 5) is 3.23. The van der Waals surface area contributed by atoms with Crippen LogP contribution in [0.2, 0.25) is 0 Å². The Balaban J connectivity index is 1.66. The largest absolute Gasteiger partial charge is 0.307 e. The number of nitrogens with one attached hydrogen (secondary N) is 1. The van der Waals surface area contributed by atoms with Crippen LogP contribution in [0.15, 0.2) is 6.07 Å². The average molecular weight is 235 g/mol. The third-order valence-corrected chi connectivity index (χ3v) is 5.45. The Morgan fingerprint density at radius 3 is 2.81 bits per heavy atom. The lowest BCUT2D eigenvalue weighted by Gasteiger charge is -2.18. The molecule has 0 amide bonds. The summed E-state index contributed by atoms with van der Waals surface area (Å²) in [5.74, 6) is 0. The van der Waals surface area contributed by atoms with Gasteiger partial charge in [-0.25, -0.2) is 0 Å². The van der Waals surface area contributed by atoms with Gasteiger partial charge in [-0.3, -0.25) is 0 Å². The smallest absolute Gasteiger partial charge is 0.0388 e. The van der Waals surface area contributed by atoms with Crippen molar-refractivity contribution < 1.29 is 0 Å². The van der Waals surface area contributed by atoms with Crippen LogP contribution in [0.25, 0.3) is 0 Å². The Kier molecular flexibility index (Phi) is 3.03. The highest BCUT2D eigenvalue weighted by molar-refractivity contribution is 7.12. The number of hydrogen-bond donors (Lipinski definition) is 1. The van der Waals surface area contributed by atoms with E-state index in [1.54, 1.807) is 15.3 Å². The van der Waals surface area contributed by atoms with Gasteiger partial charge < -0.3 is 5.32 Å². The van der Waals surface area contributed by atoms with Crippen LogP contribution in [0.4, 0.5) is 0 Å². The van der Waals surface area contributed by atoms with Gasteiger partial charge in [-0.05, 0) is 50.7 Å². The molecule has 1 N–H and O–H groups in total. The molecule has 0 saturated heterocycles. The monoisotopic (exact) mass is 235 g/mol. The first kappa shape index (κ1) is 10.8. The molecular weight excluding hydrogens is 214 g/mol. The highest BCUT2D eigenvalue weighted by Crippen LogP contribution is 2.34. The van der Waals surface area contributed by atoms with Crippen molar-refractivity contribution in [1.82, 2.24) is 5.32 Å². The molecule has 0 aliphatic heterocycles. The fourth-order valence-corrected chi connectivity index (χ4v) is 4.36. The fourth-order valence-electron chi connectivity index (χ4n) is 3.09. The van der Waals surface area contributed by atoms with E-state index in [0.717, 1.165) is 6.04 Å². The van der Waals surface area contributed by atoms with Crippen LogP contribution in [0.5, 0.6) is 0 Å². The van der Waals surface area contributed by atoms with Gasteiger partial charge >= 0.3 is 0 Å². The molecule has 2 heteroatoms. The van der Waals surface area contributed by atoms with E-state index in [1.165, 1.54) is 44.9 Å². The summed E-state index contributed by atoms with van der Waals surface area (Å²) in [6.45, 7) is 2.33. The van der Waals surface area contributed by atoms with E-state index in [0.29, 0.717) is 6.04 Å². The number of hydrogen-bond acceptors (Lipinski definition) is 2. The molecule has 1 aromatic rings. The van der Waals surface area contributed by atoms with Crippen molar-refractivity contribution in [2.24, 2.45) is 0 Å². The van der Waals surface area contributed by atoms with Gasteiger partial charge in [0.15, 0.2) is 0 Å². The molecule has 1 heterocycles. The van der Waals surface area contributed by atoms with Crippen molar-refractivity contribution in [1.29, 1.82) is 0 Å². The zero-order chi connectivity index (χ0) is 11.0. The summed E-state index contributed by atoms with van der Waals surface area (Å²) in [7, 11) is 0. The molecule has 0 aromatic carbocycles. The standard InChI is InChI=1S/C14H21NS/c1-10(15-12-6-2-3-7-12)14-9-11-5-4-8-13(11)16-14/h9-10,12,15H,2-8H2,1H3. The predicted octanol–water partition coefficient (Wildman–Crippen LogP) is 3.83. The van der Waals surface area contributed by atoms with Crippen LogP contribution in [0.1, 0.15) is 60.4 Å². The van der Waals surface area contributed by atoms with Gasteiger partial charge in [-0.15, -0.1) is 11.3 Å². The van der Waals surface area contributed by atoms with E-state index >= 15 is 0 Å². The van der Waals surface area contributed by atoms with Crippen molar-refractivity contribution in [2.75, 3.05) is 0 Å². The Bertz CT molecular complexity index is 341. The third-order valence-electron chi connectivity index (χ3n) is 4.03. The quantitative estimate of drug-likeness (QED) is 0.839. The van der Waals surface area contributed by atoms with E-state index in [2.05, 4.69) is 29.6 Å². The molecule has 0 radical (unpaired) electrons. The maximum Gasteiger partial charge on any atom is 0.0388 e. The molecule has 1 saturated carbocycles. The van der Waals surface area contributed by atoms with Crippen LogP contribution in [0, 0.1) is 0 Å². The Morgan fingerprint density at radius 2 is 2.06 bits per heavy atom. The van der Waals surface area contributed by atoms with Gasteiger partial charge in [-0.1, -0.05) is 12.8 Å². The van der Waals surface area contributed by atoms with Crippen molar-refractivity contribution in [2.45, 2.75) is 64.0 Å². The summed E-state index contributed by atoms with van der Waals surface area (Å²) in [5.41, 5.74) is 1.64. The van der Waals surface area contributed by atoms with Gasteiger partial charge in [0.05, 0.1) is 0 Å². The van der Waals surface area contributed by atoms with Gasteiger partial charge in [0, 0.05) is 21.8 Å². The SMILES string of the molecule is CC(NC1CCCC1)c1cc2c(s1)CCC2. The zero-order valence-electron chi connectivity index (χ0n) is 10.1. The Morgan fingerprint density at radius 1 is 1.25 bits per heavy atom. The van der Waals surface area contributed by atoms with Crippen molar-refractivity contribution in [3.05, 3.63) is 21.4 Å². The zero-order valence-corrected chi connectivity index (χ0v) is 10.9. The molecule has 1 fully saturated rings. The molecule has 2 aliphatic rings. The van der Waals surface area contributed by atoms with Crippen LogP contribution >= 0.6 is 11.3 Å². The first-order chi connectivity index (χ1) is 7.83. The first-order valence-electron chi connectivity index (χ1n) is 6.70. The van der Waals surface area contributed by atoms with E-state index < -0.39 is 0 Å². The molecule has 0 spiro atoms. The predicted molar refractivity (Wildman–Crippen MR) is 70.2 cm³/mol. The topological polar surface area (TPSA) is 12.0 Å². The summed E-state index contributed by atoms with van der Waals surface area (Å²) >= 11 is 2.05. The molecule has 1 aromatic heterocycles. The molecule has 1 unspecified atom stereocenters. The molecule has 88 valence electrons. The van der Waals surface area contributed by atoms with Gasteiger partial charge in [0.2, 0.25) is 0 Å². The van der Waals surface area contributed by atoms with E-state index in [-0.39, 0.29) is 0 Å². The number of aryl methyl sites for hydroxylation is 2. The van der Waals surface area contributed by atoms with Gasteiger partial charge in [-0.2, -0.15) is 0 Å². The maximum atomic E-state index is 3.79. The first-order valence-corrected chi connectivity index (χ1v) is 7.52. The van der Waals surface area contributed by atoms with Crippen LogP contribution in [-0.2, 0) is 12.8 Å². The maximum absolute atomic E-state index is 3.79. The lowest BCUT2D eigenvalue weighted by atomic mass is 10.1. The summed E-state index contributed by atoms with van der Waals surface area (Å²) in [5, 5.41) is 3.79. The second-order valence-electron chi connectivity index (χ2n) is 5.32. The Hall–Kier alpha value is -0.340. The average Bonchev–Trinajstić information content (AvgIpc) is 2.91. The van der Waals surface area contributed by atoms with E-state index in [4.69, 9.17) is 0 Å². The van der Waals surface area contributed by atoms with Crippen molar-refractivity contribution in [3.63, 3.8) is 0 Å². The molecule has 2 aliphatic carbocycles. The van der Waals surface area contributed by atoms with Crippen LogP contribution in [0.3, 0.4) is 0 Å². The third kappa shape index (κ3) is 2.05. The minimum atomic E-state index is 0.568. The highest BCUT2D eigenvalue weighted by atomic mass is 32.1. The van der Waals surface area contributed by atoms with Crippen molar-refractivity contribution >= 4 is 11.3 Å². The second-order valence-corrected chi connectivity index (χ2v) is 6.49. The second kappa shape index (κ2) is 4.50. The number of rotatable bonds is 3. The number of fused-ring (bicyclic) bond motifs is 1. The van der Waals surface area contributed by atoms with Gasteiger partial charge in [0.25, 0.3) is 0 Å². The molecular formula is C14H21NS. The van der Waals surface area contributed by atoms with E-state index in [1.807, 2.05) is 0 Å². The lowest BCUT2D eigenvalue weighted by Crippen LogP contribution is -2.28. The van der Waals surface area contributed by atoms with Crippen LogP contribution in [-0.4, -0.2) is 6.04 Å². The van der Waals surface area contributed by atoms with Crippen LogP contribution < -0.4 is 5.32 Å². The number of thiophene rings is 1. The fraction of sp³-hybridized carbons (Fsp3) is 0.714. The molecule has 1 atom stereocenters. The molecule has 16 heavy (non-hydrogen) atoms. The summed E-state index contributed by atoms with van der Waals surface area (Å²) in [6.07, 6.45) is 9.64. The van der Waals surface area contributed by atoms with E-state index in [9.17, 15) is 0 Å². The normalized spacial score (nSPS) is 22.6. The Labute approximate surface area is 102 Å². The molecule has 3 rings (SSSR count). The minimum absolute atomic E-state index is 0.568. The summed E-state index contributed by atoms with van der Waals surface area (Å²) < 4.78 is 0. The highest BCUT2D eigenvalue weighted by Gasteiger charge is 2.21.